The molecule has 118 valence electrons. The van der Waals surface area contributed by atoms with E-state index in [0.29, 0.717) is 19.3 Å². The highest BCUT2D eigenvalue weighted by molar-refractivity contribution is 6.21. The van der Waals surface area contributed by atoms with E-state index in [2.05, 4.69) is 0 Å². The van der Waals surface area contributed by atoms with E-state index < -0.39 is 35.0 Å². The standard InChI is InChI=1S/C15H16ClF5/c16-12(8-10-13(17)6-3-7-14(10)18)9-4-1-2-5-11(9)15(19,20)21/h3,6-7,9,11-12H,1-2,4-5,8H2. The zero-order chi connectivity index (χ0) is 15.6. The molecular formula is C15H16ClF5. The first-order chi connectivity index (χ1) is 9.80. The largest absolute Gasteiger partial charge is 0.392 e. The van der Waals surface area contributed by atoms with Gasteiger partial charge in [0.1, 0.15) is 11.6 Å². The molecule has 1 aromatic rings. The summed E-state index contributed by atoms with van der Waals surface area (Å²) in [5.41, 5.74) is -0.232. The fraction of sp³-hybridized carbons (Fsp3) is 0.600. The predicted octanol–water partition coefficient (Wildman–Crippen LogP) is 5.48. The van der Waals surface area contributed by atoms with Crippen LogP contribution in [0.5, 0.6) is 0 Å². The van der Waals surface area contributed by atoms with Crippen LogP contribution in [0.3, 0.4) is 0 Å². The molecule has 0 radical (unpaired) electrons. The van der Waals surface area contributed by atoms with Crippen LogP contribution in [0.15, 0.2) is 18.2 Å². The average Bonchev–Trinajstić information content (AvgIpc) is 2.42. The Bertz CT molecular complexity index is 465. The van der Waals surface area contributed by atoms with Gasteiger partial charge in [0.05, 0.1) is 5.92 Å². The van der Waals surface area contributed by atoms with E-state index in [-0.39, 0.29) is 18.4 Å². The number of rotatable bonds is 3. The van der Waals surface area contributed by atoms with Crippen LogP contribution in [0.2, 0.25) is 0 Å². The Morgan fingerprint density at radius 3 is 2.24 bits per heavy atom. The monoisotopic (exact) mass is 326 g/mol. The molecule has 3 atom stereocenters. The van der Waals surface area contributed by atoms with Crippen LogP contribution in [0.4, 0.5) is 22.0 Å². The van der Waals surface area contributed by atoms with Crippen molar-refractivity contribution in [2.45, 2.75) is 43.7 Å². The quantitative estimate of drug-likeness (QED) is 0.509. The summed E-state index contributed by atoms with van der Waals surface area (Å²) in [6, 6.07) is 3.39. The zero-order valence-corrected chi connectivity index (χ0v) is 12.0. The maximum atomic E-state index is 13.6. The van der Waals surface area contributed by atoms with Crippen LogP contribution in [-0.4, -0.2) is 11.6 Å². The Hall–Kier alpha value is -0.840. The lowest BCUT2D eigenvalue weighted by Gasteiger charge is -2.35. The van der Waals surface area contributed by atoms with Crippen molar-refractivity contribution in [3.63, 3.8) is 0 Å². The van der Waals surface area contributed by atoms with E-state index in [9.17, 15) is 22.0 Å². The van der Waals surface area contributed by atoms with Crippen molar-refractivity contribution in [2.24, 2.45) is 11.8 Å². The highest BCUT2D eigenvalue weighted by Gasteiger charge is 2.47. The van der Waals surface area contributed by atoms with Gasteiger partial charge in [-0.25, -0.2) is 8.78 Å². The maximum Gasteiger partial charge on any atom is 0.392 e. The SMILES string of the molecule is Fc1cccc(F)c1CC(Cl)C1CCCCC1C(F)(F)F. The molecule has 21 heavy (non-hydrogen) atoms. The van der Waals surface area contributed by atoms with Crippen LogP contribution in [0.25, 0.3) is 0 Å². The summed E-state index contributed by atoms with van der Waals surface area (Å²) in [6.07, 6.45) is -2.98. The lowest BCUT2D eigenvalue weighted by molar-refractivity contribution is -0.196. The minimum absolute atomic E-state index is 0.0388. The second-order valence-corrected chi connectivity index (χ2v) is 6.08. The van der Waals surface area contributed by atoms with Crippen LogP contribution >= 0.6 is 11.6 Å². The minimum atomic E-state index is -4.31. The third-order valence-electron chi connectivity index (χ3n) is 4.17. The molecule has 2 rings (SSSR count). The molecule has 0 aromatic heterocycles. The summed E-state index contributed by atoms with van der Waals surface area (Å²) in [5.74, 6) is -3.80. The summed E-state index contributed by atoms with van der Waals surface area (Å²) >= 11 is 6.11. The summed E-state index contributed by atoms with van der Waals surface area (Å²) in [5, 5.41) is -0.927. The summed E-state index contributed by atoms with van der Waals surface area (Å²) in [7, 11) is 0. The summed E-state index contributed by atoms with van der Waals surface area (Å²) < 4.78 is 66.3. The molecule has 1 aromatic carbocycles. The van der Waals surface area contributed by atoms with Gasteiger partial charge in [-0.15, -0.1) is 11.6 Å². The van der Waals surface area contributed by atoms with Gasteiger partial charge in [-0.3, -0.25) is 0 Å². The van der Waals surface area contributed by atoms with Gasteiger partial charge in [0.25, 0.3) is 0 Å². The predicted molar refractivity (Wildman–Crippen MR) is 71.2 cm³/mol. The van der Waals surface area contributed by atoms with Crippen LogP contribution < -0.4 is 0 Å². The van der Waals surface area contributed by atoms with Crippen molar-refractivity contribution in [1.29, 1.82) is 0 Å². The molecule has 0 bridgehead atoms. The number of hydrogen-bond acceptors (Lipinski definition) is 0. The third kappa shape index (κ3) is 3.87. The molecule has 1 saturated carbocycles. The van der Waals surface area contributed by atoms with Crippen molar-refractivity contribution < 1.29 is 22.0 Å². The Labute approximate surface area is 125 Å². The first-order valence-corrected chi connectivity index (χ1v) is 7.38. The number of alkyl halides is 4. The second-order valence-electron chi connectivity index (χ2n) is 5.52. The van der Waals surface area contributed by atoms with Gasteiger partial charge in [-0.1, -0.05) is 18.9 Å². The van der Waals surface area contributed by atoms with Gasteiger partial charge in [-0.2, -0.15) is 13.2 Å². The van der Waals surface area contributed by atoms with Crippen LogP contribution in [0, 0.1) is 23.5 Å². The molecule has 1 fully saturated rings. The van der Waals surface area contributed by atoms with E-state index in [1.807, 2.05) is 0 Å². The topological polar surface area (TPSA) is 0 Å². The van der Waals surface area contributed by atoms with Crippen molar-refractivity contribution >= 4 is 11.6 Å². The maximum absolute atomic E-state index is 13.6. The van der Waals surface area contributed by atoms with E-state index in [1.165, 1.54) is 6.07 Å². The molecule has 0 N–H and O–H groups in total. The molecule has 1 aliphatic rings. The second kappa shape index (κ2) is 6.51. The zero-order valence-electron chi connectivity index (χ0n) is 11.3. The molecule has 0 aliphatic heterocycles. The molecular weight excluding hydrogens is 311 g/mol. The van der Waals surface area contributed by atoms with Crippen molar-refractivity contribution in [3.8, 4) is 0 Å². The van der Waals surface area contributed by atoms with Gasteiger partial charge in [-0.05, 0) is 37.3 Å². The number of halogens is 6. The smallest absolute Gasteiger partial charge is 0.207 e. The number of hydrogen-bond donors (Lipinski definition) is 0. The molecule has 3 unspecified atom stereocenters. The summed E-state index contributed by atoms with van der Waals surface area (Å²) in [6.45, 7) is 0. The average molecular weight is 327 g/mol. The van der Waals surface area contributed by atoms with E-state index in [4.69, 9.17) is 11.6 Å². The van der Waals surface area contributed by atoms with Gasteiger partial charge >= 0.3 is 6.18 Å². The molecule has 0 nitrogen and oxygen atoms in total. The minimum Gasteiger partial charge on any atom is -0.207 e. The van der Waals surface area contributed by atoms with Crippen molar-refractivity contribution in [2.75, 3.05) is 0 Å². The lowest BCUT2D eigenvalue weighted by atomic mass is 9.75. The highest BCUT2D eigenvalue weighted by Crippen LogP contribution is 2.44. The molecule has 0 amide bonds. The fourth-order valence-corrected chi connectivity index (χ4v) is 3.53. The van der Waals surface area contributed by atoms with E-state index >= 15 is 0 Å². The fourth-order valence-electron chi connectivity index (χ4n) is 3.07. The van der Waals surface area contributed by atoms with E-state index in [1.54, 1.807) is 0 Å². The Kier molecular flexibility index (Phi) is 5.12. The Morgan fingerprint density at radius 1 is 1.10 bits per heavy atom. The van der Waals surface area contributed by atoms with Crippen molar-refractivity contribution in [3.05, 3.63) is 35.4 Å². The van der Waals surface area contributed by atoms with Gasteiger partial charge < -0.3 is 0 Å². The summed E-state index contributed by atoms with van der Waals surface area (Å²) in [4.78, 5) is 0. The van der Waals surface area contributed by atoms with Gasteiger partial charge in [0.2, 0.25) is 0 Å². The normalized spacial score (nSPS) is 24.9. The first-order valence-electron chi connectivity index (χ1n) is 6.94. The van der Waals surface area contributed by atoms with Crippen LogP contribution in [-0.2, 0) is 6.42 Å². The van der Waals surface area contributed by atoms with Gasteiger partial charge in [0.15, 0.2) is 0 Å². The number of benzene rings is 1. The third-order valence-corrected chi connectivity index (χ3v) is 4.64. The molecule has 1 aliphatic carbocycles. The Balaban J connectivity index is 2.16. The van der Waals surface area contributed by atoms with Crippen molar-refractivity contribution in [1.82, 2.24) is 0 Å². The highest BCUT2D eigenvalue weighted by atomic mass is 35.5. The molecule has 6 heteroatoms. The Morgan fingerprint density at radius 2 is 1.67 bits per heavy atom. The molecule has 0 spiro atoms. The van der Waals surface area contributed by atoms with Crippen LogP contribution in [0.1, 0.15) is 31.2 Å². The van der Waals surface area contributed by atoms with Gasteiger partial charge in [0, 0.05) is 10.9 Å². The van der Waals surface area contributed by atoms with E-state index in [0.717, 1.165) is 12.1 Å². The molecule has 0 saturated heterocycles. The first kappa shape index (κ1) is 16.5. The lowest BCUT2D eigenvalue weighted by Crippen LogP contribution is -2.38. The molecule has 0 heterocycles.